The maximum absolute atomic E-state index is 12.4. The molecule has 4 nitrogen and oxygen atoms in total. The van der Waals surface area contributed by atoms with Crippen molar-refractivity contribution < 1.29 is 9.53 Å². The van der Waals surface area contributed by atoms with Crippen molar-refractivity contribution in [2.75, 3.05) is 26.7 Å². The predicted molar refractivity (Wildman–Crippen MR) is 107 cm³/mol. The van der Waals surface area contributed by atoms with E-state index in [4.69, 9.17) is 4.74 Å². The molecule has 1 fully saturated rings. The Bertz CT molecular complexity index is 727. The molecule has 0 bridgehead atoms. The molecule has 2 aromatic carbocycles. The number of benzene rings is 2. The van der Waals surface area contributed by atoms with Crippen molar-refractivity contribution in [3.63, 3.8) is 0 Å². The number of hydrogen-bond donors (Lipinski definition) is 1. The van der Waals surface area contributed by atoms with Gasteiger partial charge in [0.25, 0.3) is 0 Å². The molecule has 26 heavy (non-hydrogen) atoms. The third kappa shape index (κ3) is 4.86. The molecule has 0 aromatic heterocycles. The number of nitrogens with one attached hydrogen (secondary N) is 1. The zero-order chi connectivity index (χ0) is 18.4. The van der Waals surface area contributed by atoms with E-state index in [1.807, 2.05) is 42.5 Å². The van der Waals surface area contributed by atoms with E-state index in [1.54, 1.807) is 7.11 Å². The van der Waals surface area contributed by atoms with Crippen LogP contribution < -0.4 is 10.1 Å². The third-order valence-electron chi connectivity index (χ3n) is 4.85. The molecule has 0 saturated carbocycles. The molecular weight excluding hydrogens is 392 g/mol. The van der Waals surface area contributed by atoms with Gasteiger partial charge in [-0.05, 0) is 49.7 Å². The molecule has 3 rings (SSSR count). The monoisotopic (exact) mass is 416 g/mol. The number of halogens is 1. The van der Waals surface area contributed by atoms with E-state index in [0.29, 0.717) is 13.0 Å². The summed E-state index contributed by atoms with van der Waals surface area (Å²) < 4.78 is 6.58. The van der Waals surface area contributed by atoms with Crippen LogP contribution in [0.3, 0.4) is 0 Å². The van der Waals surface area contributed by atoms with Crippen molar-refractivity contribution in [1.82, 2.24) is 10.2 Å². The Morgan fingerprint density at radius 1 is 1.15 bits per heavy atom. The second kappa shape index (κ2) is 9.19. The maximum atomic E-state index is 12.4. The summed E-state index contributed by atoms with van der Waals surface area (Å²) in [7, 11) is 1.70. The minimum Gasteiger partial charge on any atom is -0.496 e. The van der Waals surface area contributed by atoms with Gasteiger partial charge in [0.05, 0.1) is 19.6 Å². The van der Waals surface area contributed by atoms with E-state index < -0.39 is 0 Å². The summed E-state index contributed by atoms with van der Waals surface area (Å²) in [5, 5.41) is 3.12. The SMILES string of the molecule is COc1ccccc1C(CNC(=O)Cc1ccc(Br)cc1)N1CCCC1. The van der Waals surface area contributed by atoms with Crippen molar-refractivity contribution in [3.05, 3.63) is 64.1 Å². The number of methoxy groups -OCH3 is 1. The first-order valence-corrected chi connectivity index (χ1v) is 9.85. The lowest BCUT2D eigenvalue weighted by molar-refractivity contribution is -0.120. The van der Waals surface area contributed by atoms with Gasteiger partial charge in [-0.15, -0.1) is 0 Å². The van der Waals surface area contributed by atoms with Crippen LogP contribution in [0.15, 0.2) is 53.0 Å². The van der Waals surface area contributed by atoms with Gasteiger partial charge in [-0.2, -0.15) is 0 Å². The van der Waals surface area contributed by atoms with Crippen LogP contribution in [-0.4, -0.2) is 37.6 Å². The smallest absolute Gasteiger partial charge is 0.224 e. The molecule has 1 unspecified atom stereocenters. The number of ether oxygens (including phenoxy) is 1. The normalized spacial score (nSPS) is 15.6. The zero-order valence-corrected chi connectivity index (χ0v) is 16.7. The van der Waals surface area contributed by atoms with E-state index in [-0.39, 0.29) is 11.9 Å². The largest absolute Gasteiger partial charge is 0.496 e. The van der Waals surface area contributed by atoms with E-state index in [0.717, 1.165) is 34.4 Å². The average molecular weight is 417 g/mol. The van der Waals surface area contributed by atoms with Crippen LogP contribution in [0.4, 0.5) is 0 Å². The van der Waals surface area contributed by atoms with Gasteiger partial charge in [0.2, 0.25) is 5.91 Å². The summed E-state index contributed by atoms with van der Waals surface area (Å²) in [4.78, 5) is 14.9. The van der Waals surface area contributed by atoms with Gasteiger partial charge < -0.3 is 10.1 Å². The summed E-state index contributed by atoms with van der Waals surface area (Å²) in [6.45, 7) is 2.71. The van der Waals surface area contributed by atoms with Crippen molar-refractivity contribution in [1.29, 1.82) is 0 Å². The highest BCUT2D eigenvalue weighted by molar-refractivity contribution is 9.10. The quantitative estimate of drug-likeness (QED) is 0.742. The first-order valence-electron chi connectivity index (χ1n) is 9.05. The minimum absolute atomic E-state index is 0.0476. The number of amides is 1. The van der Waals surface area contributed by atoms with Gasteiger partial charge in [0.15, 0.2) is 0 Å². The molecule has 1 heterocycles. The molecule has 2 aromatic rings. The molecule has 138 valence electrons. The number of hydrogen-bond acceptors (Lipinski definition) is 3. The standard InChI is InChI=1S/C21H25BrN2O2/c1-26-20-7-3-2-6-18(20)19(24-12-4-5-13-24)15-23-21(25)14-16-8-10-17(22)11-9-16/h2-3,6-11,19H,4-5,12-15H2,1H3,(H,23,25). The molecular formula is C21H25BrN2O2. The molecule has 0 spiro atoms. The average Bonchev–Trinajstić information content (AvgIpc) is 3.18. The van der Waals surface area contributed by atoms with Crippen LogP contribution in [0.2, 0.25) is 0 Å². The fourth-order valence-corrected chi connectivity index (χ4v) is 3.76. The Kier molecular flexibility index (Phi) is 6.69. The topological polar surface area (TPSA) is 41.6 Å². The molecule has 1 N–H and O–H groups in total. The lowest BCUT2D eigenvalue weighted by Gasteiger charge is -2.29. The fraction of sp³-hybridized carbons (Fsp3) is 0.381. The van der Waals surface area contributed by atoms with Crippen LogP contribution in [0.25, 0.3) is 0 Å². The fourth-order valence-electron chi connectivity index (χ4n) is 3.49. The molecule has 0 aliphatic carbocycles. The summed E-state index contributed by atoms with van der Waals surface area (Å²) in [5.74, 6) is 0.929. The predicted octanol–water partition coefficient (Wildman–Crippen LogP) is 3.95. The van der Waals surface area contributed by atoms with Crippen molar-refractivity contribution in [3.8, 4) is 5.75 Å². The Morgan fingerprint density at radius 3 is 2.54 bits per heavy atom. The van der Waals surface area contributed by atoms with E-state index in [2.05, 4.69) is 32.2 Å². The Hall–Kier alpha value is -1.85. The number of carbonyl (C=O) groups excluding carboxylic acids is 1. The zero-order valence-electron chi connectivity index (χ0n) is 15.1. The van der Waals surface area contributed by atoms with Gasteiger partial charge in [0, 0.05) is 16.6 Å². The highest BCUT2D eigenvalue weighted by atomic mass is 79.9. The van der Waals surface area contributed by atoms with Crippen LogP contribution in [0, 0.1) is 0 Å². The van der Waals surface area contributed by atoms with Crippen molar-refractivity contribution in [2.45, 2.75) is 25.3 Å². The third-order valence-corrected chi connectivity index (χ3v) is 5.38. The lowest BCUT2D eigenvalue weighted by Crippen LogP contribution is -2.37. The molecule has 1 aliphatic heterocycles. The van der Waals surface area contributed by atoms with Crippen LogP contribution in [0.1, 0.15) is 30.0 Å². The molecule has 1 aliphatic rings. The summed E-state index contributed by atoms with van der Waals surface area (Å²) in [5.41, 5.74) is 2.15. The molecule has 1 amide bonds. The van der Waals surface area contributed by atoms with Gasteiger partial charge in [-0.3, -0.25) is 9.69 Å². The van der Waals surface area contributed by atoms with Crippen LogP contribution in [0.5, 0.6) is 5.75 Å². The molecule has 1 saturated heterocycles. The van der Waals surface area contributed by atoms with Gasteiger partial charge in [0.1, 0.15) is 5.75 Å². The Morgan fingerprint density at radius 2 is 1.85 bits per heavy atom. The van der Waals surface area contributed by atoms with Crippen molar-refractivity contribution >= 4 is 21.8 Å². The van der Waals surface area contributed by atoms with Crippen LogP contribution >= 0.6 is 15.9 Å². The first kappa shape index (κ1) is 18.9. The first-order chi connectivity index (χ1) is 12.7. The lowest BCUT2D eigenvalue weighted by atomic mass is 10.0. The molecule has 0 radical (unpaired) electrons. The number of para-hydroxylation sites is 1. The van der Waals surface area contributed by atoms with Gasteiger partial charge in [-0.1, -0.05) is 46.3 Å². The summed E-state index contributed by atoms with van der Waals surface area (Å²) in [6.07, 6.45) is 2.81. The number of carbonyl (C=O) groups is 1. The minimum atomic E-state index is 0.0476. The highest BCUT2D eigenvalue weighted by Crippen LogP contribution is 2.31. The van der Waals surface area contributed by atoms with E-state index >= 15 is 0 Å². The van der Waals surface area contributed by atoms with Crippen molar-refractivity contribution in [2.24, 2.45) is 0 Å². The highest BCUT2D eigenvalue weighted by Gasteiger charge is 2.26. The van der Waals surface area contributed by atoms with Gasteiger partial charge >= 0.3 is 0 Å². The summed E-state index contributed by atoms with van der Waals surface area (Å²) >= 11 is 3.42. The van der Waals surface area contributed by atoms with Gasteiger partial charge in [-0.25, -0.2) is 0 Å². The van der Waals surface area contributed by atoms with Crippen LogP contribution in [-0.2, 0) is 11.2 Å². The van der Waals surface area contributed by atoms with E-state index in [1.165, 1.54) is 12.8 Å². The maximum Gasteiger partial charge on any atom is 0.224 e. The Labute approximate surface area is 163 Å². The number of rotatable bonds is 7. The molecule has 5 heteroatoms. The molecule has 1 atom stereocenters. The number of likely N-dealkylation sites (tertiary alicyclic amines) is 1. The second-order valence-electron chi connectivity index (χ2n) is 6.61. The Balaban J connectivity index is 1.67. The summed E-state index contributed by atoms with van der Waals surface area (Å²) in [6, 6.07) is 16.1. The second-order valence-corrected chi connectivity index (χ2v) is 7.52. The van der Waals surface area contributed by atoms with E-state index in [9.17, 15) is 4.79 Å². The number of nitrogens with zero attached hydrogens (tertiary/aromatic N) is 1.